The average molecular weight is 425 g/mol. The summed E-state index contributed by atoms with van der Waals surface area (Å²) in [5.41, 5.74) is 0.0368. The first-order chi connectivity index (χ1) is 13.3. The Kier molecular flexibility index (Phi) is 5.66. The zero-order valence-electron chi connectivity index (χ0n) is 14.4. The van der Waals surface area contributed by atoms with Gasteiger partial charge in [0.15, 0.2) is 0 Å². The van der Waals surface area contributed by atoms with Crippen molar-refractivity contribution in [2.75, 3.05) is 31.1 Å². The third-order valence-corrected chi connectivity index (χ3v) is 5.07. The predicted molar refractivity (Wildman–Crippen MR) is 104 cm³/mol. The van der Waals surface area contributed by atoms with Gasteiger partial charge in [-0.2, -0.15) is 0 Å². The summed E-state index contributed by atoms with van der Waals surface area (Å²) in [6.45, 7) is 1.17. The van der Waals surface area contributed by atoms with E-state index in [0.717, 1.165) is 6.07 Å². The molecule has 0 N–H and O–H groups in total. The largest absolute Gasteiger partial charge is 0.361 e. The highest BCUT2D eigenvalue weighted by atomic mass is 35.5. The van der Waals surface area contributed by atoms with E-state index in [2.05, 4.69) is 0 Å². The number of hydrogen-bond donors (Lipinski definition) is 0. The third kappa shape index (κ3) is 3.85. The summed E-state index contributed by atoms with van der Waals surface area (Å²) in [5, 5.41) is 22.6. The van der Waals surface area contributed by atoms with Crippen LogP contribution in [0.1, 0.15) is 10.4 Å². The summed E-state index contributed by atoms with van der Waals surface area (Å²) in [7, 11) is 0. The van der Waals surface area contributed by atoms with Gasteiger partial charge in [-0.05, 0) is 12.1 Å². The van der Waals surface area contributed by atoms with Gasteiger partial charge in [0.25, 0.3) is 17.3 Å². The van der Waals surface area contributed by atoms with Crippen LogP contribution in [0.25, 0.3) is 0 Å². The van der Waals surface area contributed by atoms with Crippen LogP contribution in [-0.2, 0) is 0 Å². The zero-order chi connectivity index (χ0) is 20.4. The molecular formula is C17H14Cl2N4O5. The first-order valence-corrected chi connectivity index (χ1v) is 8.96. The summed E-state index contributed by atoms with van der Waals surface area (Å²) in [4.78, 5) is 37.1. The van der Waals surface area contributed by atoms with Gasteiger partial charge in [-0.15, -0.1) is 0 Å². The van der Waals surface area contributed by atoms with E-state index in [1.165, 1.54) is 29.2 Å². The standard InChI is InChI=1S/C17H14Cl2N4O5/c18-13-5-4-11(22(25)26)10-12(13)17(24)21-8-6-20(7-9-21)16-14(19)2-1-3-15(16)23(27)28/h1-5,10H,6-9H2. The van der Waals surface area contributed by atoms with Crippen molar-refractivity contribution in [2.24, 2.45) is 0 Å². The van der Waals surface area contributed by atoms with Gasteiger partial charge in [0.05, 0.1) is 25.5 Å². The number of anilines is 1. The van der Waals surface area contributed by atoms with Crippen LogP contribution in [0.4, 0.5) is 17.1 Å². The Morgan fingerprint density at radius 1 is 0.929 bits per heavy atom. The normalized spacial score (nSPS) is 14.1. The highest BCUT2D eigenvalue weighted by Gasteiger charge is 2.29. The Bertz CT molecular complexity index is 961. The number of amides is 1. The Morgan fingerprint density at radius 2 is 1.61 bits per heavy atom. The molecular weight excluding hydrogens is 411 g/mol. The smallest absolute Gasteiger partial charge is 0.294 e. The molecule has 1 saturated heterocycles. The summed E-state index contributed by atoms with van der Waals surface area (Å²) in [6.07, 6.45) is 0. The lowest BCUT2D eigenvalue weighted by atomic mass is 10.1. The second kappa shape index (κ2) is 7.99. The van der Waals surface area contributed by atoms with Crippen LogP contribution < -0.4 is 4.90 Å². The maximum Gasteiger partial charge on any atom is 0.294 e. The molecule has 146 valence electrons. The summed E-state index contributed by atoms with van der Waals surface area (Å²) < 4.78 is 0. The lowest BCUT2D eigenvalue weighted by Crippen LogP contribution is -2.49. The van der Waals surface area contributed by atoms with Crippen LogP contribution in [-0.4, -0.2) is 46.8 Å². The molecule has 11 heteroatoms. The topological polar surface area (TPSA) is 110 Å². The predicted octanol–water partition coefficient (Wildman–Crippen LogP) is 3.77. The number of para-hydroxylation sites is 1. The van der Waals surface area contributed by atoms with Gasteiger partial charge in [0.1, 0.15) is 5.69 Å². The van der Waals surface area contributed by atoms with Gasteiger partial charge >= 0.3 is 0 Å². The Morgan fingerprint density at radius 3 is 2.21 bits per heavy atom. The minimum absolute atomic E-state index is 0.0491. The van der Waals surface area contributed by atoms with Crippen LogP contribution in [0, 0.1) is 20.2 Å². The van der Waals surface area contributed by atoms with Crippen LogP contribution in [0.2, 0.25) is 10.0 Å². The van der Waals surface area contributed by atoms with Gasteiger partial charge in [-0.3, -0.25) is 25.0 Å². The zero-order valence-corrected chi connectivity index (χ0v) is 15.9. The van der Waals surface area contributed by atoms with Crippen LogP contribution in [0.3, 0.4) is 0 Å². The Hall–Kier alpha value is -2.91. The fourth-order valence-corrected chi connectivity index (χ4v) is 3.55. The number of non-ortho nitro benzene ring substituents is 1. The van der Waals surface area contributed by atoms with E-state index in [9.17, 15) is 25.0 Å². The highest BCUT2D eigenvalue weighted by Crippen LogP contribution is 2.36. The second-order valence-electron chi connectivity index (χ2n) is 6.07. The van der Waals surface area contributed by atoms with E-state index in [1.807, 2.05) is 0 Å². The molecule has 0 atom stereocenters. The lowest BCUT2D eigenvalue weighted by molar-refractivity contribution is -0.384. The maximum atomic E-state index is 12.7. The molecule has 1 fully saturated rings. The van der Waals surface area contributed by atoms with E-state index < -0.39 is 15.8 Å². The number of nitro benzene ring substituents is 2. The van der Waals surface area contributed by atoms with E-state index >= 15 is 0 Å². The van der Waals surface area contributed by atoms with E-state index in [1.54, 1.807) is 11.0 Å². The summed E-state index contributed by atoms with van der Waals surface area (Å²) in [5.74, 6) is -0.429. The van der Waals surface area contributed by atoms with Gasteiger partial charge in [-0.25, -0.2) is 0 Å². The quantitative estimate of drug-likeness (QED) is 0.545. The van der Waals surface area contributed by atoms with Crippen molar-refractivity contribution in [3.05, 3.63) is 72.2 Å². The SMILES string of the molecule is O=C(c1cc([N+](=O)[O-])ccc1Cl)N1CCN(c2c(Cl)cccc2[N+](=O)[O-])CC1. The van der Waals surface area contributed by atoms with Gasteiger partial charge in [-0.1, -0.05) is 29.3 Å². The molecule has 0 aliphatic carbocycles. The Balaban J connectivity index is 1.78. The number of piperazine rings is 1. The molecule has 1 amide bonds. The van der Waals surface area contributed by atoms with Crippen LogP contribution in [0.15, 0.2) is 36.4 Å². The van der Waals surface area contributed by atoms with Crippen molar-refractivity contribution in [3.8, 4) is 0 Å². The van der Waals surface area contributed by atoms with Crippen molar-refractivity contribution < 1.29 is 14.6 Å². The van der Waals surface area contributed by atoms with E-state index in [-0.39, 0.29) is 40.1 Å². The van der Waals surface area contributed by atoms with Gasteiger partial charge in [0, 0.05) is 44.4 Å². The molecule has 1 aliphatic rings. The number of nitro groups is 2. The monoisotopic (exact) mass is 424 g/mol. The Labute approximate surface area is 169 Å². The fourth-order valence-electron chi connectivity index (χ4n) is 3.06. The number of halogens is 2. The van der Waals surface area contributed by atoms with Crippen molar-refractivity contribution in [1.29, 1.82) is 0 Å². The molecule has 0 bridgehead atoms. The number of nitrogens with zero attached hydrogens (tertiary/aromatic N) is 4. The number of rotatable bonds is 4. The van der Waals surface area contributed by atoms with Crippen molar-refractivity contribution in [3.63, 3.8) is 0 Å². The van der Waals surface area contributed by atoms with Crippen molar-refractivity contribution in [1.82, 2.24) is 4.90 Å². The molecule has 9 nitrogen and oxygen atoms in total. The fraction of sp³-hybridized carbons (Fsp3) is 0.235. The second-order valence-corrected chi connectivity index (χ2v) is 6.88. The number of benzene rings is 2. The molecule has 28 heavy (non-hydrogen) atoms. The summed E-state index contributed by atoms with van der Waals surface area (Å²) >= 11 is 12.2. The first kappa shape index (κ1) is 19.8. The molecule has 0 aromatic heterocycles. The van der Waals surface area contributed by atoms with Gasteiger partial charge in [0.2, 0.25) is 0 Å². The van der Waals surface area contributed by atoms with Crippen molar-refractivity contribution in [2.45, 2.75) is 0 Å². The summed E-state index contributed by atoms with van der Waals surface area (Å²) in [6, 6.07) is 8.15. The molecule has 1 aliphatic heterocycles. The highest BCUT2D eigenvalue weighted by molar-refractivity contribution is 6.34. The number of carbonyl (C=O) groups is 1. The minimum Gasteiger partial charge on any atom is -0.361 e. The maximum absolute atomic E-state index is 12.7. The molecule has 0 unspecified atom stereocenters. The molecule has 2 aromatic carbocycles. The molecule has 3 rings (SSSR count). The first-order valence-electron chi connectivity index (χ1n) is 8.20. The van der Waals surface area contributed by atoms with Crippen molar-refractivity contribution >= 4 is 46.2 Å². The minimum atomic E-state index is -0.596. The molecule has 0 saturated carbocycles. The third-order valence-electron chi connectivity index (χ3n) is 4.44. The van der Waals surface area contributed by atoms with E-state index in [0.29, 0.717) is 18.8 Å². The lowest BCUT2D eigenvalue weighted by Gasteiger charge is -2.36. The number of hydrogen-bond acceptors (Lipinski definition) is 6. The van der Waals surface area contributed by atoms with Gasteiger partial charge < -0.3 is 9.80 Å². The number of carbonyl (C=O) groups excluding carboxylic acids is 1. The molecule has 0 spiro atoms. The molecule has 1 heterocycles. The van der Waals surface area contributed by atoms with Crippen LogP contribution in [0.5, 0.6) is 0 Å². The van der Waals surface area contributed by atoms with E-state index in [4.69, 9.17) is 23.2 Å². The average Bonchev–Trinajstić information content (AvgIpc) is 2.67. The molecule has 2 aromatic rings. The molecule has 0 radical (unpaired) electrons. The van der Waals surface area contributed by atoms with Crippen LogP contribution >= 0.6 is 23.2 Å².